The molecule has 0 bridgehead atoms. The maximum atomic E-state index is 13.4. The van der Waals surface area contributed by atoms with Crippen molar-refractivity contribution in [2.24, 2.45) is 5.73 Å². The number of nitrogens with one attached hydrogen (secondary N) is 1. The lowest BCUT2D eigenvalue weighted by molar-refractivity contribution is -0.137. The van der Waals surface area contributed by atoms with E-state index in [0.29, 0.717) is 29.6 Å². The van der Waals surface area contributed by atoms with E-state index in [1.807, 2.05) is 24.3 Å². The average Bonchev–Trinajstić information content (AvgIpc) is 3.10. The minimum absolute atomic E-state index is 0.535. The molecule has 4 rings (SSSR count). The Kier molecular flexibility index (Phi) is 5.39. The fourth-order valence-corrected chi connectivity index (χ4v) is 3.90. The molecular weight excluding hydrogens is 391 g/mol. The summed E-state index contributed by atoms with van der Waals surface area (Å²) in [4.78, 5) is 7.76. The number of hydrogen-bond acceptors (Lipinski definition) is 3. The van der Waals surface area contributed by atoms with Crippen molar-refractivity contribution < 1.29 is 17.9 Å². The van der Waals surface area contributed by atoms with Gasteiger partial charge in [0.05, 0.1) is 23.9 Å². The molecule has 0 saturated heterocycles. The molecule has 7 heteroatoms. The van der Waals surface area contributed by atoms with Gasteiger partial charge in [0.2, 0.25) is 0 Å². The van der Waals surface area contributed by atoms with Crippen molar-refractivity contribution in [3.05, 3.63) is 59.8 Å². The second-order valence-electron chi connectivity index (χ2n) is 7.20. The van der Waals surface area contributed by atoms with Gasteiger partial charge in [0.1, 0.15) is 5.75 Å². The number of halogens is 3. The zero-order valence-corrected chi connectivity index (χ0v) is 16.5. The van der Waals surface area contributed by atoms with Crippen LogP contribution in [0.2, 0.25) is 0 Å². The molecule has 0 atom stereocenters. The fraction of sp³-hybridized carbons (Fsp3) is 0.261. The van der Waals surface area contributed by atoms with E-state index in [1.165, 1.54) is 12.1 Å². The first-order chi connectivity index (χ1) is 14.4. The number of nitrogens with zero attached hydrogens (tertiary/aromatic N) is 1. The normalized spacial score (nSPS) is 12.0. The van der Waals surface area contributed by atoms with E-state index in [1.54, 1.807) is 13.3 Å². The number of methoxy groups -OCH3 is 1. The molecule has 4 aromatic rings. The maximum absolute atomic E-state index is 13.4. The van der Waals surface area contributed by atoms with E-state index in [-0.39, 0.29) is 0 Å². The molecule has 3 N–H and O–H groups in total. The second kappa shape index (κ2) is 7.99. The summed E-state index contributed by atoms with van der Waals surface area (Å²) in [5, 5.41) is 1.44. The van der Waals surface area contributed by atoms with Crippen LogP contribution in [0.5, 0.6) is 5.75 Å². The molecule has 156 valence electrons. The summed E-state index contributed by atoms with van der Waals surface area (Å²) < 4.78 is 45.7. The van der Waals surface area contributed by atoms with Crippen LogP contribution in [0.3, 0.4) is 0 Å². The van der Waals surface area contributed by atoms with Gasteiger partial charge in [0, 0.05) is 28.0 Å². The Labute approximate surface area is 171 Å². The molecule has 0 amide bonds. The molecule has 0 spiro atoms. The molecule has 4 nitrogen and oxygen atoms in total. The lowest BCUT2D eigenvalue weighted by atomic mass is 9.96. The van der Waals surface area contributed by atoms with Crippen molar-refractivity contribution in [2.75, 3.05) is 13.7 Å². The van der Waals surface area contributed by atoms with Crippen molar-refractivity contribution in [3.8, 4) is 17.0 Å². The Morgan fingerprint density at radius 2 is 1.90 bits per heavy atom. The highest BCUT2D eigenvalue weighted by molar-refractivity contribution is 6.02. The average molecular weight is 413 g/mol. The Morgan fingerprint density at radius 1 is 1.07 bits per heavy atom. The van der Waals surface area contributed by atoms with E-state index in [2.05, 4.69) is 9.97 Å². The number of pyridine rings is 1. The van der Waals surface area contributed by atoms with Gasteiger partial charge in [-0.15, -0.1) is 0 Å². The standard InChI is InChI=1S/C23H22F3N3O/c1-30-20-10-9-18-16(6-4-12-28-18)21(20)22-15(5-2-3-11-27)17-13-14(23(24,25)26)7-8-19(17)29-22/h4,6-10,12-13,29H,2-3,5,11,27H2,1H3. The molecule has 0 unspecified atom stereocenters. The van der Waals surface area contributed by atoms with Crippen LogP contribution in [-0.4, -0.2) is 23.6 Å². The van der Waals surface area contributed by atoms with Crippen molar-refractivity contribution >= 4 is 21.8 Å². The Balaban J connectivity index is 2.01. The molecule has 0 fully saturated rings. The van der Waals surface area contributed by atoms with Crippen molar-refractivity contribution in [3.63, 3.8) is 0 Å². The summed E-state index contributed by atoms with van der Waals surface area (Å²) in [5.41, 5.74) is 8.83. The summed E-state index contributed by atoms with van der Waals surface area (Å²) in [6.07, 6.45) is -0.520. The van der Waals surface area contributed by atoms with E-state index >= 15 is 0 Å². The molecule has 2 aromatic carbocycles. The zero-order chi connectivity index (χ0) is 21.3. The number of alkyl halides is 3. The molecule has 0 radical (unpaired) electrons. The third kappa shape index (κ3) is 3.61. The predicted molar refractivity (Wildman–Crippen MR) is 113 cm³/mol. The van der Waals surface area contributed by atoms with Crippen LogP contribution < -0.4 is 10.5 Å². The monoisotopic (exact) mass is 413 g/mol. The first-order valence-corrected chi connectivity index (χ1v) is 9.78. The van der Waals surface area contributed by atoms with Crippen LogP contribution in [-0.2, 0) is 12.6 Å². The number of hydrogen-bond donors (Lipinski definition) is 2. The number of aromatic nitrogens is 2. The van der Waals surface area contributed by atoms with Gasteiger partial charge < -0.3 is 15.5 Å². The van der Waals surface area contributed by atoms with Gasteiger partial charge in [-0.25, -0.2) is 0 Å². The zero-order valence-electron chi connectivity index (χ0n) is 16.5. The number of nitrogens with two attached hydrogens (primary N) is 1. The van der Waals surface area contributed by atoms with Crippen molar-refractivity contribution in [1.29, 1.82) is 0 Å². The summed E-state index contributed by atoms with van der Waals surface area (Å²) >= 11 is 0. The van der Waals surface area contributed by atoms with Crippen molar-refractivity contribution in [1.82, 2.24) is 9.97 Å². The van der Waals surface area contributed by atoms with Crippen molar-refractivity contribution in [2.45, 2.75) is 25.4 Å². The van der Waals surface area contributed by atoms with Crippen LogP contribution in [0.1, 0.15) is 24.0 Å². The van der Waals surface area contributed by atoms with E-state index in [9.17, 15) is 13.2 Å². The van der Waals surface area contributed by atoms with E-state index in [4.69, 9.17) is 10.5 Å². The number of H-pyrrole nitrogens is 1. The van der Waals surface area contributed by atoms with Gasteiger partial charge >= 0.3 is 6.18 Å². The molecule has 2 aromatic heterocycles. The van der Waals surface area contributed by atoms with E-state index in [0.717, 1.165) is 46.6 Å². The quantitative estimate of drug-likeness (QED) is 0.399. The molecule has 0 aliphatic carbocycles. The smallest absolute Gasteiger partial charge is 0.416 e. The van der Waals surface area contributed by atoms with Gasteiger partial charge in [-0.3, -0.25) is 4.98 Å². The number of fused-ring (bicyclic) bond motifs is 2. The van der Waals surface area contributed by atoms with E-state index < -0.39 is 11.7 Å². The van der Waals surface area contributed by atoms with Crippen LogP contribution in [0.15, 0.2) is 48.7 Å². The third-order valence-corrected chi connectivity index (χ3v) is 5.33. The highest BCUT2D eigenvalue weighted by atomic mass is 19.4. The largest absolute Gasteiger partial charge is 0.496 e. The number of unbranched alkanes of at least 4 members (excludes halogenated alkanes) is 1. The first-order valence-electron chi connectivity index (χ1n) is 9.78. The minimum Gasteiger partial charge on any atom is -0.496 e. The van der Waals surface area contributed by atoms with Gasteiger partial charge in [0.15, 0.2) is 0 Å². The SMILES string of the molecule is COc1ccc2ncccc2c1-c1[nH]c2ccc(C(F)(F)F)cc2c1CCCCN. The molecule has 0 aliphatic heterocycles. The molecule has 0 saturated carbocycles. The first kappa shape index (κ1) is 20.2. The Morgan fingerprint density at radius 3 is 2.63 bits per heavy atom. The van der Waals surface area contributed by atoms with Crippen LogP contribution in [0, 0.1) is 0 Å². The van der Waals surface area contributed by atoms with Gasteiger partial charge in [-0.2, -0.15) is 13.2 Å². The molecular formula is C23H22F3N3O. The maximum Gasteiger partial charge on any atom is 0.416 e. The number of rotatable bonds is 6. The van der Waals surface area contributed by atoms with Gasteiger partial charge in [-0.1, -0.05) is 6.07 Å². The van der Waals surface area contributed by atoms with Crippen LogP contribution in [0.25, 0.3) is 33.1 Å². The third-order valence-electron chi connectivity index (χ3n) is 5.33. The lowest BCUT2D eigenvalue weighted by Gasteiger charge is -2.13. The highest BCUT2D eigenvalue weighted by Crippen LogP contribution is 2.42. The number of benzene rings is 2. The summed E-state index contributed by atoms with van der Waals surface area (Å²) in [5.74, 6) is 0.637. The van der Waals surface area contributed by atoms with Gasteiger partial charge in [-0.05, 0) is 67.8 Å². The van der Waals surface area contributed by atoms with Crippen LogP contribution >= 0.6 is 0 Å². The lowest BCUT2D eigenvalue weighted by Crippen LogP contribution is -2.04. The molecule has 2 heterocycles. The summed E-state index contributed by atoms with van der Waals surface area (Å²) in [6.45, 7) is 0.535. The summed E-state index contributed by atoms with van der Waals surface area (Å²) in [7, 11) is 1.58. The molecule has 0 aliphatic rings. The minimum atomic E-state index is -4.40. The van der Waals surface area contributed by atoms with Gasteiger partial charge in [0.25, 0.3) is 0 Å². The number of aromatic amines is 1. The number of ether oxygens (including phenoxy) is 1. The second-order valence-corrected chi connectivity index (χ2v) is 7.20. The molecule has 30 heavy (non-hydrogen) atoms. The highest BCUT2D eigenvalue weighted by Gasteiger charge is 2.31. The Bertz CT molecular complexity index is 1200. The Hall–Kier alpha value is -3.06. The fourth-order valence-electron chi connectivity index (χ4n) is 3.90. The van der Waals surface area contributed by atoms with Crippen LogP contribution in [0.4, 0.5) is 13.2 Å². The topological polar surface area (TPSA) is 63.9 Å². The number of aryl methyl sites for hydroxylation is 1. The summed E-state index contributed by atoms with van der Waals surface area (Å²) in [6, 6.07) is 11.3. The predicted octanol–water partition coefficient (Wildman–Crippen LogP) is 5.69.